The second kappa shape index (κ2) is 6.27. The predicted octanol–water partition coefficient (Wildman–Crippen LogP) is 2.01. The predicted molar refractivity (Wildman–Crippen MR) is 79.7 cm³/mol. The Hall–Kier alpha value is -1.55. The molecular formula is C16H24N2O2. The largest absolute Gasteiger partial charge is 0.496 e. The molecule has 0 bridgehead atoms. The zero-order valence-corrected chi connectivity index (χ0v) is 12.3. The minimum atomic E-state index is -0.256. The minimum Gasteiger partial charge on any atom is -0.496 e. The third kappa shape index (κ3) is 3.73. The molecule has 4 heteroatoms. The van der Waals surface area contributed by atoms with E-state index in [9.17, 15) is 4.79 Å². The van der Waals surface area contributed by atoms with Crippen molar-refractivity contribution in [3.05, 3.63) is 29.8 Å². The van der Waals surface area contributed by atoms with E-state index in [4.69, 9.17) is 10.5 Å². The van der Waals surface area contributed by atoms with Gasteiger partial charge in [-0.15, -0.1) is 0 Å². The molecule has 1 atom stereocenters. The highest BCUT2D eigenvalue weighted by Crippen LogP contribution is 2.32. The maximum Gasteiger partial charge on any atom is 0.222 e. The average Bonchev–Trinajstić information content (AvgIpc) is 2.37. The van der Waals surface area contributed by atoms with Crippen LogP contribution in [0.5, 0.6) is 5.75 Å². The Morgan fingerprint density at radius 2 is 2.15 bits per heavy atom. The summed E-state index contributed by atoms with van der Waals surface area (Å²) in [4.78, 5) is 12.0. The first-order valence-corrected chi connectivity index (χ1v) is 7.22. The SMILES string of the molecule is COc1ccccc1CC(C)NC(=O)CC1(N)CCC1. The number of ether oxygens (including phenoxy) is 1. The molecule has 1 fully saturated rings. The van der Waals surface area contributed by atoms with Crippen LogP contribution in [0.15, 0.2) is 24.3 Å². The number of rotatable bonds is 6. The van der Waals surface area contributed by atoms with Gasteiger partial charge in [-0.1, -0.05) is 18.2 Å². The highest BCUT2D eigenvalue weighted by atomic mass is 16.5. The summed E-state index contributed by atoms with van der Waals surface area (Å²) in [7, 11) is 1.66. The number of carbonyl (C=O) groups is 1. The van der Waals surface area contributed by atoms with Gasteiger partial charge < -0.3 is 15.8 Å². The number of carbonyl (C=O) groups excluding carboxylic acids is 1. The Morgan fingerprint density at radius 3 is 2.75 bits per heavy atom. The van der Waals surface area contributed by atoms with Gasteiger partial charge in [0, 0.05) is 18.0 Å². The molecule has 0 aromatic heterocycles. The summed E-state index contributed by atoms with van der Waals surface area (Å²) in [6.45, 7) is 2.01. The molecule has 2 rings (SSSR count). The smallest absolute Gasteiger partial charge is 0.222 e. The number of hydrogen-bond acceptors (Lipinski definition) is 3. The van der Waals surface area contributed by atoms with Crippen molar-refractivity contribution in [3.8, 4) is 5.75 Å². The lowest BCUT2D eigenvalue weighted by Gasteiger charge is -2.37. The zero-order valence-electron chi connectivity index (χ0n) is 12.3. The number of nitrogens with two attached hydrogens (primary N) is 1. The molecule has 0 heterocycles. The third-order valence-corrected chi connectivity index (χ3v) is 3.99. The molecule has 0 aliphatic heterocycles. The Kier molecular flexibility index (Phi) is 4.65. The van der Waals surface area contributed by atoms with Gasteiger partial charge in [-0.2, -0.15) is 0 Å². The molecule has 1 aromatic carbocycles. The molecule has 0 spiro atoms. The van der Waals surface area contributed by atoms with Gasteiger partial charge in [-0.05, 0) is 44.2 Å². The molecule has 1 aromatic rings. The molecule has 4 nitrogen and oxygen atoms in total. The number of methoxy groups -OCH3 is 1. The van der Waals surface area contributed by atoms with Crippen LogP contribution in [0.25, 0.3) is 0 Å². The fourth-order valence-corrected chi connectivity index (χ4v) is 2.71. The molecule has 110 valence electrons. The van der Waals surface area contributed by atoms with E-state index in [1.165, 1.54) is 0 Å². The summed E-state index contributed by atoms with van der Waals surface area (Å²) in [5.74, 6) is 0.914. The molecule has 1 aliphatic rings. The number of hydrogen-bond donors (Lipinski definition) is 2. The van der Waals surface area contributed by atoms with E-state index in [1.807, 2.05) is 31.2 Å². The molecule has 3 N–H and O–H groups in total. The van der Waals surface area contributed by atoms with Crippen LogP contribution in [0, 0.1) is 0 Å². The van der Waals surface area contributed by atoms with Crippen LogP contribution in [-0.2, 0) is 11.2 Å². The zero-order chi connectivity index (χ0) is 14.6. The summed E-state index contributed by atoms with van der Waals surface area (Å²) in [5.41, 5.74) is 6.95. The van der Waals surface area contributed by atoms with E-state index in [-0.39, 0.29) is 17.5 Å². The van der Waals surface area contributed by atoms with E-state index in [0.29, 0.717) is 6.42 Å². The van der Waals surface area contributed by atoms with Crippen molar-refractivity contribution in [2.75, 3.05) is 7.11 Å². The average molecular weight is 276 g/mol. The molecule has 20 heavy (non-hydrogen) atoms. The van der Waals surface area contributed by atoms with Gasteiger partial charge in [0.15, 0.2) is 0 Å². The number of amides is 1. The molecule has 1 aliphatic carbocycles. The summed E-state index contributed by atoms with van der Waals surface area (Å²) in [5, 5.41) is 3.03. The van der Waals surface area contributed by atoms with Gasteiger partial charge in [0.1, 0.15) is 5.75 Å². The second-order valence-corrected chi connectivity index (χ2v) is 5.88. The van der Waals surface area contributed by atoms with Crippen LogP contribution < -0.4 is 15.8 Å². The van der Waals surface area contributed by atoms with Crippen molar-refractivity contribution < 1.29 is 9.53 Å². The maximum atomic E-state index is 12.0. The molecule has 1 unspecified atom stereocenters. The normalized spacial score (nSPS) is 17.9. The van der Waals surface area contributed by atoms with Crippen LogP contribution in [0.4, 0.5) is 0 Å². The van der Waals surface area contributed by atoms with E-state index < -0.39 is 0 Å². The van der Waals surface area contributed by atoms with Crippen molar-refractivity contribution in [1.29, 1.82) is 0 Å². The lowest BCUT2D eigenvalue weighted by atomic mass is 9.75. The van der Waals surface area contributed by atoms with Crippen molar-refractivity contribution in [1.82, 2.24) is 5.32 Å². The first-order chi connectivity index (χ1) is 9.52. The Balaban J connectivity index is 1.85. The van der Waals surface area contributed by atoms with Crippen LogP contribution in [0.3, 0.4) is 0 Å². The van der Waals surface area contributed by atoms with Gasteiger partial charge in [0.25, 0.3) is 0 Å². The van der Waals surface area contributed by atoms with Gasteiger partial charge in [-0.25, -0.2) is 0 Å². The molecule has 1 amide bonds. The highest BCUT2D eigenvalue weighted by Gasteiger charge is 2.34. The standard InChI is InChI=1S/C16H24N2O2/c1-12(10-13-6-3-4-7-14(13)20-2)18-15(19)11-16(17)8-5-9-16/h3-4,6-7,12H,5,8-11,17H2,1-2H3,(H,18,19). The fraction of sp³-hybridized carbons (Fsp3) is 0.562. The molecular weight excluding hydrogens is 252 g/mol. The number of nitrogens with one attached hydrogen (secondary N) is 1. The van der Waals surface area contributed by atoms with E-state index in [1.54, 1.807) is 7.11 Å². The Bertz CT molecular complexity index is 469. The summed E-state index contributed by atoms with van der Waals surface area (Å²) in [6.07, 6.45) is 4.25. The third-order valence-electron chi connectivity index (χ3n) is 3.99. The van der Waals surface area contributed by atoms with Crippen LogP contribution in [0.2, 0.25) is 0 Å². The summed E-state index contributed by atoms with van der Waals surface area (Å²) >= 11 is 0. The first kappa shape index (κ1) is 14.9. The summed E-state index contributed by atoms with van der Waals surface area (Å²) in [6, 6.07) is 7.96. The molecule has 0 radical (unpaired) electrons. The van der Waals surface area contributed by atoms with Gasteiger partial charge in [0.05, 0.1) is 7.11 Å². The Labute approximate surface area is 120 Å². The van der Waals surface area contributed by atoms with Crippen molar-refractivity contribution in [2.24, 2.45) is 5.73 Å². The monoisotopic (exact) mass is 276 g/mol. The Morgan fingerprint density at radius 1 is 1.45 bits per heavy atom. The maximum absolute atomic E-state index is 12.0. The quantitative estimate of drug-likeness (QED) is 0.835. The van der Waals surface area contributed by atoms with Gasteiger partial charge in [-0.3, -0.25) is 4.79 Å². The van der Waals surface area contributed by atoms with E-state index in [0.717, 1.165) is 37.0 Å². The van der Waals surface area contributed by atoms with E-state index in [2.05, 4.69) is 5.32 Å². The van der Waals surface area contributed by atoms with Gasteiger partial charge in [0.2, 0.25) is 5.91 Å². The second-order valence-electron chi connectivity index (χ2n) is 5.88. The first-order valence-electron chi connectivity index (χ1n) is 7.22. The highest BCUT2D eigenvalue weighted by molar-refractivity contribution is 5.77. The topological polar surface area (TPSA) is 64.3 Å². The van der Waals surface area contributed by atoms with E-state index >= 15 is 0 Å². The number of benzene rings is 1. The summed E-state index contributed by atoms with van der Waals surface area (Å²) < 4.78 is 5.33. The lowest BCUT2D eigenvalue weighted by molar-refractivity contribution is -0.123. The molecule has 1 saturated carbocycles. The molecule has 0 saturated heterocycles. The van der Waals surface area contributed by atoms with Crippen molar-refractivity contribution >= 4 is 5.91 Å². The minimum absolute atomic E-state index is 0.0506. The number of para-hydroxylation sites is 1. The van der Waals surface area contributed by atoms with Gasteiger partial charge >= 0.3 is 0 Å². The lowest BCUT2D eigenvalue weighted by Crippen LogP contribution is -2.51. The van der Waals surface area contributed by atoms with Crippen LogP contribution in [-0.4, -0.2) is 24.6 Å². The fourth-order valence-electron chi connectivity index (χ4n) is 2.71. The van der Waals surface area contributed by atoms with Crippen molar-refractivity contribution in [2.45, 2.75) is 50.6 Å². The van der Waals surface area contributed by atoms with Crippen LogP contribution in [0.1, 0.15) is 38.2 Å². The van der Waals surface area contributed by atoms with Crippen molar-refractivity contribution in [3.63, 3.8) is 0 Å². The van der Waals surface area contributed by atoms with Crippen LogP contribution >= 0.6 is 0 Å².